The van der Waals surface area contributed by atoms with Crippen LogP contribution in [0.3, 0.4) is 0 Å². The van der Waals surface area contributed by atoms with Gasteiger partial charge in [-0.15, -0.1) is 0 Å². The summed E-state index contributed by atoms with van der Waals surface area (Å²) in [7, 11) is 4.80. The molecule has 1 unspecified atom stereocenters. The summed E-state index contributed by atoms with van der Waals surface area (Å²) in [4.78, 5) is 32.1. The number of ether oxygens (including phenoxy) is 1. The Kier molecular flexibility index (Phi) is 4.52. The number of methoxy groups -OCH3 is 1. The summed E-state index contributed by atoms with van der Waals surface area (Å²) in [6.07, 6.45) is 1.92. The molecule has 1 aromatic heterocycles. The number of amides is 3. The van der Waals surface area contributed by atoms with Gasteiger partial charge in [-0.1, -0.05) is 11.1 Å². The highest BCUT2D eigenvalue weighted by Gasteiger charge is 2.52. The third kappa shape index (κ3) is 2.93. The molecule has 29 heavy (non-hydrogen) atoms. The van der Waals surface area contributed by atoms with Gasteiger partial charge in [-0.25, -0.2) is 13.9 Å². The minimum absolute atomic E-state index is 0.268. The number of nitrogens with zero attached hydrogens (tertiary/aromatic N) is 5. The lowest BCUT2D eigenvalue weighted by molar-refractivity contribution is -0.677. The minimum Gasteiger partial charge on any atom is -0.495 e. The van der Waals surface area contributed by atoms with Gasteiger partial charge in [0.1, 0.15) is 17.6 Å². The first-order chi connectivity index (χ1) is 13.8. The van der Waals surface area contributed by atoms with Crippen molar-refractivity contribution in [1.82, 2.24) is 14.4 Å². The highest BCUT2D eigenvalue weighted by Crippen LogP contribution is 2.29. The van der Waals surface area contributed by atoms with Gasteiger partial charge in [-0.3, -0.25) is 14.6 Å². The second kappa shape index (κ2) is 6.91. The van der Waals surface area contributed by atoms with Gasteiger partial charge < -0.3 is 10.1 Å². The third-order valence-electron chi connectivity index (χ3n) is 5.45. The number of hydrogen-bond acceptors (Lipinski definition) is 5. The summed E-state index contributed by atoms with van der Waals surface area (Å²) in [6, 6.07) is 5.03. The lowest BCUT2D eigenvalue weighted by atomic mass is 10.2. The van der Waals surface area contributed by atoms with Crippen molar-refractivity contribution in [2.45, 2.75) is 26.4 Å². The molecule has 2 aromatic rings. The number of benzene rings is 1. The Hall–Kier alpha value is -3.36. The topological polar surface area (TPSA) is 83.0 Å². The molecular weight excluding hydrogens is 372 g/mol. The minimum atomic E-state index is -0.595. The molecule has 0 spiro atoms. The number of hydrogen-bond donors (Lipinski definition) is 1. The maximum atomic E-state index is 12.7. The van der Waals surface area contributed by atoms with Crippen LogP contribution in [0.5, 0.6) is 5.75 Å². The van der Waals surface area contributed by atoms with Crippen LogP contribution in [0.4, 0.5) is 16.4 Å². The second-order valence-electron chi connectivity index (χ2n) is 7.37. The predicted molar refractivity (Wildman–Crippen MR) is 108 cm³/mol. The number of amidine groups is 1. The van der Waals surface area contributed by atoms with Crippen molar-refractivity contribution >= 4 is 29.4 Å². The molecule has 1 aromatic carbocycles. The number of urea groups is 1. The number of nitrogens with one attached hydrogen (secondary N) is 1. The average Bonchev–Trinajstić information content (AvgIpc) is 3.20. The summed E-state index contributed by atoms with van der Waals surface area (Å²) < 4.78 is 9.31. The first-order valence-corrected chi connectivity index (χ1v) is 9.47. The molecule has 3 amide bonds. The Morgan fingerprint density at radius 1 is 1.21 bits per heavy atom. The predicted octanol–water partition coefficient (Wildman–Crippen LogP) is 1.62. The van der Waals surface area contributed by atoms with E-state index in [2.05, 4.69) is 10.3 Å². The van der Waals surface area contributed by atoms with Crippen LogP contribution < -0.4 is 14.6 Å². The van der Waals surface area contributed by atoms with E-state index in [0.29, 0.717) is 24.9 Å². The van der Waals surface area contributed by atoms with Gasteiger partial charge in [0.05, 0.1) is 19.3 Å². The number of aryl methyl sites for hydroxylation is 2. The molecule has 1 atom stereocenters. The lowest BCUT2D eigenvalue weighted by Crippen LogP contribution is -2.61. The van der Waals surface area contributed by atoms with Crippen molar-refractivity contribution in [2.75, 3.05) is 33.1 Å². The molecule has 0 bridgehead atoms. The van der Waals surface area contributed by atoms with Crippen molar-refractivity contribution in [3.05, 3.63) is 35.7 Å². The summed E-state index contributed by atoms with van der Waals surface area (Å²) in [5.41, 5.74) is 3.08. The van der Waals surface area contributed by atoms with Gasteiger partial charge in [0.15, 0.2) is 0 Å². The van der Waals surface area contributed by atoms with Crippen LogP contribution >= 0.6 is 0 Å². The summed E-state index contributed by atoms with van der Waals surface area (Å²) in [5, 5.41) is 3.41. The van der Waals surface area contributed by atoms with Crippen LogP contribution in [0.25, 0.3) is 0 Å². The molecule has 9 heteroatoms. The van der Waals surface area contributed by atoms with Crippen LogP contribution in [0.1, 0.15) is 17.3 Å². The smallest absolute Gasteiger partial charge is 0.401 e. The number of carbonyl (C=O) groups excluding carboxylic acids is 2. The Morgan fingerprint density at radius 3 is 2.69 bits per heavy atom. The van der Waals surface area contributed by atoms with Crippen LogP contribution in [-0.4, -0.2) is 59.9 Å². The van der Waals surface area contributed by atoms with Crippen molar-refractivity contribution in [3.63, 3.8) is 0 Å². The maximum absolute atomic E-state index is 12.7. The van der Waals surface area contributed by atoms with Crippen molar-refractivity contribution in [1.29, 1.82) is 0 Å². The van der Waals surface area contributed by atoms with E-state index in [1.54, 1.807) is 14.2 Å². The fourth-order valence-electron chi connectivity index (χ4n) is 3.85. The van der Waals surface area contributed by atoms with Crippen molar-refractivity contribution in [2.24, 2.45) is 4.99 Å². The first kappa shape index (κ1) is 19.0. The van der Waals surface area contributed by atoms with E-state index in [0.717, 1.165) is 27.6 Å². The number of likely N-dealkylation sites (N-methyl/N-ethyl adjacent to an activating group) is 2. The van der Waals surface area contributed by atoms with E-state index < -0.39 is 6.04 Å². The van der Waals surface area contributed by atoms with Gasteiger partial charge in [-0.05, 0) is 31.5 Å². The molecule has 0 aliphatic carbocycles. The van der Waals surface area contributed by atoms with Crippen molar-refractivity contribution < 1.29 is 18.9 Å². The first-order valence-electron chi connectivity index (χ1n) is 9.47. The fourth-order valence-corrected chi connectivity index (χ4v) is 3.85. The van der Waals surface area contributed by atoms with Gasteiger partial charge >= 0.3 is 12.0 Å². The zero-order valence-corrected chi connectivity index (χ0v) is 17.3. The highest BCUT2D eigenvalue weighted by atomic mass is 16.5. The van der Waals surface area contributed by atoms with Crippen molar-refractivity contribution in [3.8, 4) is 5.75 Å². The number of aromatic nitrogens is 2. The summed E-state index contributed by atoms with van der Waals surface area (Å²) in [6.45, 7) is 5.32. The molecule has 3 heterocycles. The SMILES string of the molecule is COc1ccc(C)cc1NCCn1c(C)c[n+]2c1N=C1C2C(=O)N(C)C(=O)N1C. The number of carbonyl (C=O) groups is 2. The largest absolute Gasteiger partial charge is 0.495 e. The number of fused-ring (bicyclic) bond motifs is 3. The molecule has 2 aliphatic heterocycles. The average molecular weight is 397 g/mol. The fraction of sp³-hybridized carbons (Fsp3) is 0.400. The van der Waals surface area contributed by atoms with Gasteiger partial charge in [0.25, 0.3) is 5.91 Å². The maximum Gasteiger partial charge on any atom is 0.401 e. The van der Waals surface area contributed by atoms with Crippen LogP contribution in [-0.2, 0) is 11.3 Å². The number of rotatable bonds is 5. The number of imidazole rings is 1. The second-order valence-corrected chi connectivity index (χ2v) is 7.37. The Labute approximate surface area is 169 Å². The molecular formula is C20H25N6O3+. The van der Waals surface area contributed by atoms with E-state index >= 15 is 0 Å². The normalized spacial score (nSPS) is 18.0. The monoisotopic (exact) mass is 397 g/mol. The summed E-state index contributed by atoms with van der Waals surface area (Å²) in [5.74, 6) is 1.66. The standard InChI is InChI=1S/C20H25N6O3/c1-12-6-7-15(29-5)14(10-12)21-8-9-25-13(2)11-26-16-17(22-19(25)26)23(3)20(28)24(4)18(16)27/h6-7,10-11,16,21H,8-9H2,1-5H3/q+1. The molecule has 0 radical (unpaired) electrons. The zero-order chi connectivity index (χ0) is 20.9. The molecule has 9 nitrogen and oxygen atoms in total. The van der Waals surface area contributed by atoms with E-state index in [1.807, 2.05) is 47.4 Å². The van der Waals surface area contributed by atoms with Gasteiger partial charge in [0.2, 0.25) is 11.9 Å². The van der Waals surface area contributed by atoms with Crippen LogP contribution in [0, 0.1) is 13.8 Å². The number of anilines is 1. The zero-order valence-electron chi connectivity index (χ0n) is 17.3. The quantitative estimate of drug-likeness (QED) is 0.778. The lowest BCUT2D eigenvalue weighted by Gasteiger charge is -2.30. The summed E-state index contributed by atoms with van der Waals surface area (Å²) >= 11 is 0. The molecule has 1 N–H and O–H groups in total. The highest BCUT2D eigenvalue weighted by molar-refractivity contribution is 6.18. The number of imide groups is 1. The van der Waals surface area contributed by atoms with Gasteiger partial charge in [-0.2, -0.15) is 0 Å². The molecule has 1 fully saturated rings. The van der Waals surface area contributed by atoms with E-state index in [-0.39, 0.29) is 11.9 Å². The molecule has 0 saturated carbocycles. The van der Waals surface area contributed by atoms with Crippen LogP contribution in [0.15, 0.2) is 29.4 Å². The molecule has 152 valence electrons. The van der Waals surface area contributed by atoms with E-state index in [1.165, 1.54) is 11.9 Å². The third-order valence-corrected chi connectivity index (χ3v) is 5.45. The number of aliphatic imine (C=N–C) groups is 1. The molecule has 2 aliphatic rings. The Balaban J connectivity index is 1.58. The molecule has 1 saturated heterocycles. The van der Waals surface area contributed by atoms with Gasteiger partial charge in [0, 0.05) is 20.6 Å². The molecule has 4 rings (SSSR count). The van der Waals surface area contributed by atoms with E-state index in [9.17, 15) is 9.59 Å². The van der Waals surface area contributed by atoms with E-state index in [4.69, 9.17) is 4.74 Å². The van der Waals surface area contributed by atoms with Crippen LogP contribution in [0.2, 0.25) is 0 Å². The Bertz CT molecular complexity index is 1040. The Morgan fingerprint density at radius 2 is 1.97 bits per heavy atom.